The van der Waals surface area contributed by atoms with E-state index in [4.69, 9.17) is 32.7 Å². The Bertz CT molecular complexity index is 1550. The maximum Gasteiger partial charge on any atom is 0.410 e. The van der Waals surface area contributed by atoms with Crippen molar-refractivity contribution >= 4 is 62.7 Å². The molecule has 0 radical (unpaired) electrons. The fraction of sp³-hybridized carbons (Fsp3) is 0.424. The van der Waals surface area contributed by atoms with Crippen molar-refractivity contribution in [1.29, 1.82) is 0 Å². The van der Waals surface area contributed by atoms with Crippen molar-refractivity contribution in [1.82, 2.24) is 10.2 Å². The Labute approximate surface area is 275 Å². The van der Waals surface area contributed by atoms with E-state index in [-0.39, 0.29) is 42.5 Å². The Balaban J connectivity index is 1.40. The van der Waals surface area contributed by atoms with Crippen LogP contribution in [0.3, 0.4) is 0 Å². The fourth-order valence-electron chi connectivity index (χ4n) is 7.11. The minimum absolute atomic E-state index is 0.150. The predicted molar refractivity (Wildman–Crippen MR) is 173 cm³/mol. The Morgan fingerprint density at radius 3 is 2.59 bits per heavy atom. The number of allylic oxidation sites excluding steroid dienone is 4. The highest BCUT2D eigenvalue weighted by Crippen LogP contribution is 2.58. The first-order valence-corrected chi connectivity index (χ1v) is 16.5. The summed E-state index contributed by atoms with van der Waals surface area (Å²) in [6, 6.07) is 10.4. The number of piperidine rings is 2. The summed E-state index contributed by atoms with van der Waals surface area (Å²) >= 11 is 16.5. The molecule has 3 aliphatic heterocycles. The molecule has 1 aliphatic carbocycles. The summed E-state index contributed by atoms with van der Waals surface area (Å²) in [5.74, 6) is -0.326. The number of carbonyl (C=O) groups is 3. The van der Waals surface area contributed by atoms with Gasteiger partial charge in [0.25, 0.3) is 0 Å². The molecule has 44 heavy (non-hydrogen) atoms. The molecule has 2 aromatic rings. The predicted octanol–water partition coefficient (Wildman–Crippen LogP) is 7.26. The van der Waals surface area contributed by atoms with E-state index in [1.54, 1.807) is 17.0 Å². The van der Waals surface area contributed by atoms with Gasteiger partial charge in [0.1, 0.15) is 17.3 Å². The molecule has 2 saturated heterocycles. The molecule has 1 unspecified atom stereocenters. The van der Waals surface area contributed by atoms with Crippen LogP contribution in [0.15, 0.2) is 64.1 Å². The lowest BCUT2D eigenvalue weighted by Gasteiger charge is -2.49. The largest absolute Gasteiger partial charge is 0.490 e. The number of likely N-dealkylation sites (tertiary alicyclic amines) is 1. The van der Waals surface area contributed by atoms with E-state index in [2.05, 4.69) is 26.6 Å². The second-order valence-corrected chi connectivity index (χ2v) is 13.9. The summed E-state index contributed by atoms with van der Waals surface area (Å²) in [6.45, 7) is 4.68. The minimum atomic E-state index is -1.17. The molecule has 2 N–H and O–H groups in total. The van der Waals surface area contributed by atoms with Crippen LogP contribution in [-0.4, -0.2) is 48.1 Å². The van der Waals surface area contributed by atoms with Gasteiger partial charge in [0.15, 0.2) is 0 Å². The lowest BCUT2D eigenvalue weighted by molar-refractivity contribution is -0.135. The van der Waals surface area contributed by atoms with Gasteiger partial charge >= 0.3 is 6.09 Å². The Hall–Kier alpha value is -3.01. The van der Waals surface area contributed by atoms with E-state index < -0.39 is 17.4 Å². The van der Waals surface area contributed by atoms with Crippen LogP contribution < -0.4 is 15.4 Å². The van der Waals surface area contributed by atoms with Crippen LogP contribution in [0.2, 0.25) is 5.02 Å². The third-order valence-electron chi connectivity index (χ3n) is 9.00. The average molecular weight is 703 g/mol. The van der Waals surface area contributed by atoms with Crippen molar-refractivity contribution in [3.63, 3.8) is 0 Å². The van der Waals surface area contributed by atoms with Crippen molar-refractivity contribution in [3.05, 3.63) is 80.3 Å². The number of hydrogen-bond donors (Lipinski definition) is 2. The van der Waals surface area contributed by atoms with E-state index >= 15 is 0 Å². The van der Waals surface area contributed by atoms with Crippen LogP contribution in [-0.2, 0) is 19.7 Å². The van der Waals surface area contributed by atoms with E-state index in [1.165, 1.54) is 0 Å². The van der Waals surface area contributed by atoms with Crippen LogP contribution in [0.5, 0.6) is 5.75 Å². The van der Waals surface area contributed by atoms with E-state index in [9.17, 15) is 14.4 Å². The monoisotopic (exact) mass is 701 g/mol. The van der Waals surface area contributed by atoms with Gasteiger partial charge in [0.05, 0.1) is 12.1 Å². The molecule has 4 atom stereocenters. The van der Waals surface area contributed by atoms with Gasteiger partial charge in [-0.2, -0.15) is 0 Å². The summed E-state index contributed by atoms with van der Waals surface area (Å²) in [7, 11) is 0. The molecule has 3 heterocycles. The SMILES string of the molecule is CC(C)OC(=O)N1CCC(Oc2ccc(Br)cc2[C@@H]2NC(=O)C[C@@H](C3C=CC=C(Cl)C3)[C@]23C(=O)Nc2cc(Cl)ccc23)CC1. The van der Waals surface area contributed by atoms with Crippen LogP contribution in [0.4, 0.5) is 10.5 Å². The van der Waals surface area contributed by atoms with E-state index in [0.29, 0.717) is 59.4 Å². The quantitative estimate of drug-likeness (QED) is 0.342. The summed E-state index contributed by atoms with van der Waals surface area (Å²) < 4.78 is 12.8. The summed E-state index contributed by atoms with van der Waals surface area (Å²) in [5, 5.41) is 7.48. The zero-order valence-electron chi connectivity index (χ0n) is 24.4. The van der Waals surface area contributed by atoms with E-state index in [1.807, 2.05) is 56.3 Å². The number of anilines is 1. The smallest absolute Gasteiger partial charge is 0.410 e. The van der Waals surface area contributed by atoms with Gasteiger partial charge in [-0.25, -0.2) is 4.79 Å². The first kappa shape index (κ1) is 31.0. The van der Waals surface area contributed by atoms with Crippen molar-refractivity contribution < 1.29 is 23.9 Å². The summed E-state index contributed by atoms with van der Waals surface area (Å²) in [4.78, 5) is 42.1. The number of nitrogens with one attached hydrogen (secondary N) is 2. The molecule has 3 amide bonds. The molecule has 0 bridgehead atoms. The standard InChI is InChI=1S/C33H34BrCl2N3O5/c1-18(2)43-32(42)39-12-10-23(11-13-39)44-28-9-6-20(34)15-24(28)30-33(25-8-7-22(36)16-27(25)37-31(33)41)26(17-29(40)38-30)19-4-3-5-21(35)14-19/h3-9,15-16,18-19,23,26,30H,10-14,17H2,1-2H3,(H,37,41)(H,38,40)/t19?,26-,30-,33-/m0/s1. The first-order chi connectivity index (χ1) is 21.1. The molecule has 232 valence electrons. The maximum absolute atomic E-state index is 14.4. The topological polar surface area (TPSA) is 97.0 Å². The maximum atomic E-state index is 14.4. The van der Waals surface area contributed by atoms with E-state index in [0.717, 1.165) is 10.0 Å². The van der Waals surface area contributed by atoms with Gasteiger partial charge in [-0.05, 0) is 74.1 Å². The molecule has 1 spiro atoms. The average Bonchev–Trinajstić information content (AvgIpc) is 3.25. The number of fused-ring (bicyclic) bond motifs is 2. The number of benzene rings is 2. The number of ether oxygens (including phenoxy) is 2. The van der Waals surface area contributed by atoms with Crippen LogP contribution in [0.25, 0.3) is 0 Å². The lowest BCUT2D eigenvalue weighted by atomic mass is 9.57. The molecule has 11 heteroatoms. The Morgan fingerprint density at radius 2 is 1.86 bits per heavy atom. The van der Waals surface area contributed by atoms with Crippen LogP contribution in [0.1, 0.15) is 56.7 Å². The highest BCUT2D eigenvalue weighted by molar-refractivity contribution is 9.10. The molecular weight excluding hydrogens is 669 g/mol. The molecule has 2 fully saturated rings. The van der Waals surface area contributed by atoms with Crippen molar-refractivity contribution in [2.75, 3.05) is 18.4 Å². The number of nitrogens with zero attached hydrogens (tertiary/aromatic N) is 1. The van der Waals surface area contributed by atoms with Crippen molar-refractivity contribution in [2.24, 2.45) is 11.8 Å². The molecule has 6 rings (SSSR count). The van der Waals surface area contributed by atoms with Crippen LogP contribution >= 0.6 is 39.1 Å². The van der Waals surface area contributed by atoms with Gasteiger partial charge in [0.2, 0.25) is 11.8 Å². The zero-order valence-corrected chi connectivity index (χ0v) is 27.5. The van der Waals surface area contributed by atoms with Gasteiger partial charge < -0.3 is 25.0 Å². The van der Waals surface area contributed by atoms with Crippen LogP contribution in [0, 0.1) is 11.8 Å². The molecule has 0 aromatic heterocycles. The highest BCUT2D eigenvalue weighted by atomic mass is 79.9. The molecule has 8 nitrogen and oxygen atoms in total. The number of halogens is 3. The highest BCUT2D eigenvalue weighted by Gasteiger charge is 2.62. The Morgan fingerprint density at radius 1 is 1.09 bits per heavy atom. The lowest BCUT2D eigenvalue weighted by Crippen LogP contribution is -2.59. The second kappa shape index (κ2) is 12.4. The molecule has 4 aliphatic rings. The van der Waals surface area contributed by atoms with Gasteiger partial charge in [-0.1, -0.05) is 57.4 Å². The number of rotatable bonds is 5. The third-order valence-corrected chi connectivity index (χ3v) is 10.0. The van der Waals surface area contributed by atoms with Crippen molar-refractivity contribution in [3.8, 4) is 5.75 Å². The zero-order chi connectivity index (χ0) is 31.2. The fourth-order valence-corrected chi connectivity index (χ4v) is 7.91. The molecular formula is C33H34BrCl2N3O5. The van der Waals surface area contributed by atoms with Gasteiger partial charge in [-0.3, -0.25) is 9.59 Å². The Kier molecular flexibility index (Phi) is 8.74. The third kappa shape index (κ3) is 5.74. The van der Waals surface area contributed by atoms with Crippen molar-refractivity contribution in [2.45, 2.75) is 63.2 Å². The second-order valence-electron chi connectivity index (χ2n) is 12.1. The number of amides is 3. The van der Waals surface area contributed by atoms with Gasteiger partial charge in [0, 0.05) is 58.1 Å². The number of carbonyl (C=O) groups excluding carboxylic acids is 3. The number of hydrogen-bond acceptors (Lipinski definition) is 5. The van der Waals surface area contributed by atoms with Gasteiger partial charge in [-0.15, -0.1) is 0 Å². The molecule has 2 aromatic carbocycles. The molecule has 0 saturated carbocycles. The summed E-state index contributed by atoms with van der Waals surface area (Å²) in [5.41, 5.74) is 0.941. The minimum Gasteiger partial charge on any atom is -0.490 e. The summed E-state index contributed by atoms with van der Waals surface area (Å²) in [6.07, 6.45) is 7.04. The normalized spacial score (nSPS) is 26.7. The first-order valence-electron chi connectivity index (χ1n) is 14.9.